The largest absolute Gasteiger partial charge is 0.369 e. The van der Waals surface area contributed by atoms with Crippen molar-refractivity contribution < 1.29 is 0 Å². The van der Waals surface area contributed by atoms with Crippen LogP contribution < -0.4 is 10.7 Å². The zero-order chi connectivity index (χ0) is 8.97. The molecule has 0 bridgehead atoms. The molecule has 0 radical (unpaired) electrons. The highest BCUT2D eigenvalue weighted by Crippen LogP contribution is 1.89. The molecule has 1 rings (SSSR count). The number of hydrogen-bond donors (Lipinski definition) is 2. The predicted molar refractivity (Wildman–Crippen MR) is 45.3 cm³/mol. The van der Waals surface area contributed by atoms with Crippen LogP contribution in [0.4, 0.5) is 0 Å². The minimum absolute atomic E-state index is 0.00310. The maximum absolute atomic E-state index is 7.26. The van der Waals surface area contributed by atoms with Crippen LogP contribution in [0.5, 0.6) is 0 Å². The van der Waals surface area contributed by atoms with E-state index in [1.807, 2.05) is 6.92 Å². The van der Waals surface area contributed by atoms with Gasteiger partial charge in [-0.1, -0.05) is 6.92 Å². The van der Waals surface area contributed by atoms with Crippen LogP contribution in [0.3, 0.4) is 0 Å². The Labute approximate surface area is 70.5 Å². The lowest BCUT2D eigenvalue weighted by molar-refractivity contribution is 0.685. The average molecular weight is 168 g/mol. The van der Waals surface area contributed by atoms with Crippen LogP contribution in [0.1, 0.15) is 13.3 Å². The first-order valence-electron chi connectivity index (χ1n) is 3.72. The van der Waals surface area contributed by atoms with Gasteiger partial charge in [-0.2, -0.15) is 0 Å². The third kappa shape index (κ3) is 1.71. The van der Waals surface area contributed by atoms with Crippen LogP contribution in [0, 0.1) is 5.41 Å². The van der Waals surface area contributed by atoms with Crippen molar-refractivity contribution in [1.82, 2.24) is 14.9 Å². The van der Waals surface area contributed by atoms with E-state index < -0.39 is 0 Å². The molecule has 0 unspecified atom stereocenters. The summed E-state index contributed by atoms with van der Waals surface area (Å²) < 4.78 is 1.59. The molecule has 66 valence electrons. The fourth-order valence-corrected chi connectivity index (χ4v) is 0.892. The Bertz CT molecular complexity index is 241. The number of nitrogens with zero attached hydrogens (tertiary/aromatic N) is 4. The van der Waals surface area contributed by atoms with Crippen LogP contribution >= 0.6 is 0 Å². The average Bonchev–Trinajstić information content (AvgIpc) is 2.51. The van der Waals surface area contributed by atoms with E-state index in [4.69, 9.17) is 11.1 Å². The zero-order valence-electron chi connectivity index (χ0n) is 6.94. The lowest BCUT2D eigenvalue weighted by atomic mass is 10.5. The van der Waals surface area contributed by atoms with Gasteiger partial charge in [0.1, 0.15) is 12.7 Å². The highest BCUT2D eigenvalue weighted by molar-refractivity contribution is 5.84. The molecule has 0 saturated heterocycles. The first-order valence-corrected chi connectivity index (χ1v) is 3.72. The van der Waals surface area contributed by atoms with Gasteiger partial charge in [0, 0.05) is 6.54 Å². The maximum Gasteiger partial charge on any atom is 0.208 e. The van der Waals surface area contributed by atoms with Crippen LogP contribution in [0.15, 0.2) is 12.7 Å². The van der Waals surface area contributed by atoms with E-state index >= 15 is 0 Å². The normalized spacial score (nSPS) is 9.75. The van der Waals surface area contributed by atoms with Gasteiger partial charge in [0.2, 0.25) is 5.96 Å². The van der Waals surface area contributed by atoms with Gasteiger partial charge in [0.15, 0.2) is 0 Å². The van der Waals surface area contributed by atoms with E-state index in [1.54, 1.807) is 9.69 Å². The van der Waals surface area contributed by atoms with Crippen molar-refractivity contribution in [2.75, 3.05) is 11.6 Å². The molecule has 0 atom stereocenters. The summed E-state index contributed by atoms with van der Waals surface area (Å²) in [5.41, 5.74) is 5.35. The fourth-order valence-electron chi connectivity index (χ4n) is 0.892. The molecule has 1 aromatic rings. The molecule has 0 amide bonds. The molecule has 0 aliphatic carbocycles. The summed E-state index contributed by atoms with van der Waals surface area (Å²) in [6, 6.07) is 0. The predicted octanol–water partition coefficient (Wildman–Crippen LogP) is -0.480. The van der Waals surface area contributed by atoms with Crippen molar-refractivity contribution in [3.63, 3.8) is 0 Å². The fraction of sp³-hybridized carbons (Fsp3) is 0.500. The lowest BCUT2D eigenvalue weighted by Gasteiger charge is -2.21. The first kappa shape index (κ1) is 8.51. The van der Waals surface area contributed by atoms with E-state index in [0.717, 1.165) is 6.42 Å². The van der Waals surface area contributed by atoms with Crippen LogP contribution in [-0.4, -0.2) is 27.4 Å². The van der Waals surface area contributed by atoms with Gasteiger partial charge in [-0.05, 0) is 6.42 Å². The van der Waals surface area contributed by atoms with Crippen molar-refractivity contribution in [1.29, 1.82) is 5.41 Å². The molecular weight excluding hydrogens is 156 g/mol. The molecule has 1 heterocycles. The standard InChI is InChI=1S/C6H12N6/c1-2-3-12(6(7)8)11-4-9-10-5-11/h4-5H,2-3H2,1H3,(H3,7,8). The number of hydrogen-bond acceptors (Lipinski definition) is 3. The Kier molecular flexibility index (Phi) is 2.62. The maximum atomic E-state index is 7.26. The molecule has 0 aliphatic rings. The van der Waals surface area contributed by atoms with E-state index in [-0.39, 0.29) is 5.96 Å². The summed E-state index contributed by atoms with van der Waals surface area (Å²) in [5, 5.41) is 16.1. The molecule has 12 heavy (non-hydrogen) atoms. The Morgan fingerprint density at radius 2 is 2.17 bits per heavy atom. The summed E-state index contributed by atoms with van der Waals surface area (Å²) in [7, 11) is 0. The monoisotopic (exact) mass is 168 g/mol. The van der Waals surface area contributed by atoms with Gasteiger partial charge < -0.3 is 5.73 Å². The van der Waals surface area contributed by atoms with Crippen LogP contribution in [0.25, 0.3) is 0 Å². The minimum atomic E-state index is -0.00310. The quantitative estimate of drug-likeness (QED) is 0.471. The molecule has 0 fully saturated rings. The molecular formula is C6H12N6. The molecule has 0 aromatic carbocycles. The number of aromatic nitrogens is 3. The summed E-state index contributed by atoms with van der Waals surface area (Å²) in [6.07, 6.45) is 3.94. The van der Waals surface area contributed by atoms with E-state index in [1.165, 1.54) is 12.7 Å². The molecule has 6 nitrogen and oxygen atoms in total. The molecule has 3 N–H and O–H groups in total. The second-order valence-corrected chi connectivity index (χ2v) is 2.35. The van der Waals surface area contributed by atoms with Gasteiger partial charge in [-0.15, -0.1) is 10.2 Å². The van der Waals surface area contributed by atoms with Crippen molar-refractivity contribution in [3.8, 4) is 0 Å². The summed E-state index contributed by atoms with van der Waals surface area (Å²) >= 11 is 0. The Morgan fingerprint density at radius 3 is 2.58 bits per heavy atom. The van der Waals surface area contributed by atoms with Gasteiger partial charge in [-0.25, -0.2) is 9.69 Å². The van der Waals surface area contributed by atoms with Crippen molar-refractivity contribution in [2.45, 2.75) is 13.3 Å². The summed E-state index contributed by atoms with van der Waals surface area (Å²) in [5.74, 6) is -0.00310. The summed E-state index contributed by atoms with van der Waals surface area (Å²) in [6.45, 7) is 2.70. The zero-order valence-corrected chi connectivity index (χ0v) is 6.94. The van der Waals surface area contributed by atoms with E-state index in [2.05, 4.69) is 10.2 Å². The SMILES string of the molecule is CCCN(C(=N)N)n1cnnc1. The van der Waals surface area contributed by atoms with E-state index in [0.29, 0.717) is 6.54 Å². The van der Waals surface area contributed by atoms with Crippen molar-refractivity contribution in [2.24, 2.45) is 5.73 Å². The third-order valence-electron chi connectivity index (χ3n) is 1.40. The second-order valence-electron chi connectivity index (χ2n) is 2.35. The summed E-state index contributed by atoms with van der Waals surface area (Å²) in [4.78, 5) is 0. The highest BCUT2D eigenvalue weighted by Gasteiger charge is 2.05. The number of nitrogens with one attached hydrogen (secondary N) is 1. The Hall–Kier alpha value is -1.59. The first-order chi connectivity index (χ1) is 5.75. The molecule has 6 heteroatoms. The molecule has 1 aromatic heterocycles. The molecule has 0 aliphatic heterocycles. The second kappa shape index (κ2) is 3.70. The highest BCUT2D eigenvalue weighted by atomic mass is 15.6. The topological polar surface area (TPSA) is 83.8 Å². The smallest absolute Gasteiger partial charge is 0.208 e. The third-order valence-corrected chi connectivity index (χ3v) is 1.40. The van der Waals surface area contributed by atoms with E-state index in [9.17, 15) is 0 Å². The van der Waals surface area contributed by atoms with Crippen LogP contribution in [0.2, 0.25) is 0 Å². The van der Waals surface area contributed by atoms with Gasteiger partial charge in [0.25, 0.3) is 0 Å². The van der Waals surface area contributed by atoms with Crippen LogP contribution in [-0.2, 0) is 0 Å². The lowest BCUT2D eigenvalue weighted by Crippen LogP contribution is -2.44. The van der Waals surface area contributed by atoms with Gasteiger partial charge in [0.05, 0.1) is 0 Å². The number of guanidine groups is 1. The number of rotatable bonds is 3. The Morgan fingerprint density at radius 1 is 1.58 bits per heavy atom. The molecule has 0 spiro atoms. The van der Waals surface area contributed by atoms with Gasteiger partial charge >= 0.3 is 0 Å². The Balaban J connectivity index is 2.73. The minimum Gasteiger partial charge on any atom is -0.369 e. The van der Waals surface area contributed by atoms with Crippen molar-refractivity contribution in [3.05, 3.63) is 12.7 Å². The molecule has 0 saturated carbocycles. The van der Waals surface area contributed by atoms with Gasteiger partial charge in [-0.3, -0.25) is 5.41 Å². The van der Waals surface area contributed by atoms with Crippen molar-refractivity contribution >= 4 is 5.96 Å². The number of nitrogens with two attached hydrogens (primary N) is 1.